The molecule has 0 saturated carbocycles. The highest BCUT2D eigenvalue weighted by Gasteiger charge is 2.36. The Bertz CT molecular complexity index is 1050. The average molecular weight is 412 g/mol. The maximum Gasteiger partial charge on any atom is 0.344 e. The van der Waals surface area contributed by atoms with Gasteiger partial charge in [-0.25, -0.2) is 14.2 Å². The first-order chi connectivity index (χ1) is 14.6. The van der Waals surface area contributed by atoms with E-state index in [2.05, 4.69) is 5.10 Å². The number of hydrogen-bond donors (Lipinski definition) is 0. The van der Waals surface area contributed by atoms with Gasteiger partial charge in [-0.2, -0.15) is 5.10 Å². The molecule has 3 heterocycles. The molecule has 2 aromatic heterocycles. The number of amides is 1. The number of carbonyl (C=O) groups is 2. The summed E-state index contributed by atoms with van der Waals surface area (Å²) in [4.78, 5) is 24.6. The molecule has 4 rings (SSSR count). The standard InChI is InChI=1S/C21H17FN2O6/c22-14-4-1-5-15(10-14)29-13-21(26)30-12-20(25)24-17(19-7-3-9-28-19)11-16(23-24)18-6-2-8-27-18/h1-10,17H,11-13H2. The van der Waals surface area contributed by atoms with Gasteiger partial charge in [-0.05, 0) is 36.4 Å². The normalized spacial score (nSPS) is 15.7. The van der Waals surface area contributed by atoms with E-state index in [0.29, 0.717) is 23.7 Å². The van der Waals surface area contributed by atoms with Gasteiger partial charge >= 0.3 is 5.97 Å². The minimum absolute atomic E-state index is 0.184. The summed E-state index contributed by atoms with van der Waals surface area (Å²) in [5, 5.41) is 5.55. The van der Waals surface area contributed by atoms with E-state index in [0.717, 1.165) is 6.07 Å². The number of furan rings is 2. The fraction of sp³-hybridized carbons (Fsp3) is 0.190. The van der Waals surface area contributed by atoms with Crippen LogP contribution >= 0.6 is 0 Å². The quantitative estimate of drug-likeness (QED) is 0.553. The summed E-state index contributed by atoms with van der Waals surface area (Å²) < 4.78 is 34.1. The Morgan fingerprint density at radius 3 is 2.67 bits per heavy atom. The molecule has 0 bridgehead atoms. The summed E-state index contributed by atoms with van der Waals surface area (Å²) in [5.41, 5.74) is 0.579. The fourth-order valence-corrected chi connectivity index (χ4v) is 2.98. The van der Waals surface area contributed by atoms with E-state index in [1.54, 1.807) is 24.3 Å². The number of rotatable bonds is 7. The highest BCUT2D eigenvalue weighted by atomic mass is 19.1. The predicted molar refractivity (Wildman–Crippen MR) is 101 cm³/mol. The van der Waals surface area contributed by atoms with Crippen LogP contribution in [0.25, 0.3) is 0 Å². The van der Waals surface area contributed by atoms with Crippen molar-refractivity contribution in [2.75, 3.05) is 13.2 Å². The van der Waals surface area contributed by atoms with Gasteiger partial charge in [-0.1, -0.05) is 6.07 Å². The van der Waals surface area contributed by atoms with E-state index in [9.17, 15) is 14.0 Å². The van der Waals surface area contributed by atoms with Crippen LogP contribution < -0.4 is 4.74 Å². The van der Waals surface area contributed by atoms with E-state index < -0.39 is 36.9 Å². The van der Waals surface area contributed by atoms with Gasteiger partial charge in [0.15, 0.2) is 13.2 Å². The van der Waals surface area contributed by atoms with Gasteiger partial charge in [0.2, 0.25) is 0 Å². The monoisotopic (exact) mass is 412 g/mol. The fourth-order valence-electron chi connectivity index (χ4n) is 2.98. The van der Waals surface area contributed by atoms with Crippen LogP contribution in [-0.2, 0) is 14.3 Å². The van der Waals surface area contributed by atoms with Crippen LogP contribution in [0.1, 0.15) is 24.0 Å². The van der Waals surface area contributed by atoms with Gasteiger partial charge in [0.05, 0.1) is 12.5 Å². The molecule has 30 heavy (non-hydrogen) atoms. The zero-order valence-corrected chi connectivity index (χ0v) is 15.7. The molecule has 1 amide bonds. The zero-order chi connectivity index (χ0) is 20.9. The Labute approximate surface area is 170 Å². The smallest absolute Gasteiger partial charge is 0.344 e. The summed E-state index contributed by atoms with van der Waals surface area (Å²) in [6, 6.07) is 11.8. The topological polar surface area (TPSA) is 94.5 Å². The number of esters is 1. The van der Waals surface area contributed by atoms with Crippen LogP contribution in [0, 0.1) is 5.82 Å². The molecular formula is C21H17FN2O6. The molecule has 1 aliphatic rings. The lowest BCUT2D eigenvalue weighted by molar-refractivity contribution is -0.154. The molecule has 154 valence electrons. The number of halogens is 1. The third-order valence-electron chi connectivity index (χ3n) is 4.35. The Kier molecular flexibility index (Phi) is 5.60. The molecule has 0 aliphatic carbocycles. The second kappa shape index (κ2) is 8.64. The summed E-state index contributed by atoms with van der Waals surface area (Å²) >= 11 is 0. The van der Waals surface area contributed by atoms with Crippen molar-refractivity contribution >= 4 is 17.6 Å². The molecule has 1 atom stereocenters. The first kappa shape index (κ1) is 19.4. The summed E-state index contributed by atoms with van der Waals surface area (Å²) in [6.45, 7) is -0.989. The van der Waals surface area contributed by atoms with Gasteiger partial charge in [0, 0.05) is 12.5 Å². The molecule has 1 aromatic carbocycles. The van der Waals surface area contributed by atoms with Crippen LogP contribution in [0.5, 0.6) is 5.75 Å². The highest BCUT2D eigenvalue weighted by molar-refractivity contribution is 6.01. The number of nitrogens with zero attached hydrogens (tertiary/aromatic N) is 2. The van der Waals surface area contributed by atoms with E-state index in [4.69, 9.17) is 18.3 Å². The van der Waals surface area contributed by atoms with Crippen molar-refractivity contribution in [3.05, 3.63) is 78.4 Å². The first-order valence-electron chi connectivity index (χ1n) is 9.11. The molecule has 0 fully saturated rings. The molecule has 9 heteroatoms. The van der Waals surface area contributed by atoms with Gasteiger partial charge in [0.25, 0.3) is 5.91 Å². The molecule has 0 saturated heterocycles. The third kappa shape index (κ3) is 4.40. The summed E-state index contributed by atoms with van der Waals surface area (Å²) in [6.07, 6.45) is 3.42. The molecular weight excluding hydrogens is 395 g/mol. The van der Waals surface area contributed by atoms with Crippen LogP contribution in [0.15, 0.2) is 75.0 Å². The number of carbonyl (C=O) groups excluding carboxylic acids is 2. The molecule has 3 aromatic rings. The maximum absolute atomic E-state index is 13.1. The predicted octanol–water partition coefficient (Wildman–Crippen LogP) is 3.31. The van der Waals surface area contributed by atoms with Crippen LogP contribution in [-0.4, -0.2) is 35.8 Å². The van der Waals surface area contributed by atoms with Crippen molar-refractivity contribution in [3.8, 4) is 5.75 Å². The molecule has 1 aliphatic heterocycles. The molecule has 0 radical (unpaired) electrons. The lowest BCUT2D eigenvalue weighted by atomic mass is 10.1. The SMILES string of the molecule is O=C(COc1cccc(F)c1)OCC(=O)N1N=C(c2ccco2)CC1c1ccco1. The Hall–Kier alpha value is -3.88. The van der Waals surface area contributed by atoms with E-state index in [-0.39, 0.29) is 5.75 Å². The van der Waals surface area contributed by atoms with Crippen molar-refractivity contribution in [2.24, 2.45) is 5.10 Å². The summed E-state index contributed by atoms with van der Waals surface area (Å²) in [5.74, 6) is -0.506. The minimum atomic E-state index is -0.767. The van der Waals surface area contributed by atoms with Crippen LogP contribution in [0.3, 0.4) is 0 Å². The van der Waals surface area contributed by atoms with Crippen molar-refractivity contribution in [2.45, 2.75) is 12.5 Å². The lowest BCUT2D eigenvalue weighted by Gasteiger charge is -2.19. The molecule has 0 spiro atoms. The van der Waals surface area contributed by atoms with E-state index >= 15 is 0 Å². The first-order valence-corrected chi connectivity index (χ1v) is 9.11. The van der Waals surface area contributed by atoms with Gasteiger partial charge in [0.1, 0.15) is 34.8 Å². The van der Waals surface area contributed by atoms with Crippen molar-refractivity contribution < 1.29 is 32.3 Å². The second-order valence-corrected chi connectivity index (χ2v) is 6.40. The zero-order valence-electron chi connectivity index (χ0n) is 15.7. The van der Waals surface area contributed by atoms with Crippen LogP contribution in [0.4, 0.5) is 4.39 Å². The minimum Gasteiger partial charge on any atom is -0.482 e. The largest absolute Gasteiger partial charge is 0.482 e. The number of hydrazone groups is 1. The van der Waals surface area contributed by atoms with Crippen molar-refractivity contribution in [1.29, 1.82) is 0 Å². The van der Waals surface area contributed by atoms with Crippen molar-refractivity contribution in [1.82, 2.24) is 5.01 Å². The number of benzene rings is 1. The summed E-state index contributed by atoms with van der Waals surface area (Å²) in [7, 11) is 0. The van der Waals surface area contributed by atoms with Gasteiger partial charge < -0.3 is 18.3 Å². The Balaban J connectivity index is 1.37. The van der Waals surface area contributed by atoms with Gasteiger partial charge in [-0.3, -0.25) is 4.79 Å². The molecule has 0 N–H and O–H groups in total. The third-order valence-corrected chi connectivity index (χ3v) is 4.35. The number of ether oxygens (including phenoxy) is 2. The van der Waals surface area contributed by atoms with Crippen LogP contribution in [0.2, 0.25) is 0 Å². The Morgan fingerprint density at radius 1 is 1.10 bits per heavy atom. The van der Waals surface area contributed by atoms with E-state index in [1.807, 2.05) is 0 Å². The highest BCUT2D eigenvalue weighted by Crippen LogP contribution is 2.33. The maximum atomic E-state index is 13.1. The van der Waals surface area contributed by atoms with E-state index in [1.165, 1.54) is 35.7 Å². The lowest BCUT2D eigenvalue weighted by Crippen LogP contribution is -2.32. The average Bonchev–Trinajstić information content (AvgIpc) is 3.50. The molecule has 8 nitrogen and oxygen atoms in total. The Morgan fingerprint density at radius 2 is 1.93 bits per heavy atom. The number of hydrogen-bond acceptors (Lipinski definition) is 7. The van der Waals surface area contributed by atoms with Gasteiger partial charge in [-0.15, -0.1) is 0 Å². The second-order valence-electron chi connectivity index (χ2n) is 6.40. The van der Waals surface area contributed by atoms with Crippen molar-refractivity contribution in [3.63, 3.8) is 0 Å². The molecule has 1 unspecified atom stereocenters.